The van der Waals surface area contributed by atoms with Gasteiger partial charge in [-0.3, -0.25) is 14.4 Å². The SMILES string of the molecule is CC(C)[C@H](O)C(=O)N(C(=O)[C@H](C)N)C1=C2C=CCC[C@H]2CCN(C)C1=O.O.O. The van der Waals surface area contributed by atoms with E-state index in [1.165, 1.54) is 11.8 Å². The quantitative estimate of drug-likeness (QED) is 0.626. The van der Waals surface area contributed by atoms with Crippen molar-refractivity contribution in [3.8, 4) is 0 Å². The Kier molecular flexibility index (Phi) is 9.69. The summed E-state index contributed by atoms with van der Waals surface area (Å²) in [5, 5.41) is 10.3. The molecule has 0 spiro atoms. The summed E-state index contributed by atoms with van der Waals surface area (Å²) in [6.07, 6.45) is 4.91. The van der Waals surface area contributed by atoms with E-state index >= 15 is 0 Å². The fourth-order valence-corrected chi connectivity index (χ4v) is 3.30. The van der Waals surface area contributed by atoms with E-state index in [-0.39, 0.29) is 22.6 Å². The lowest BCUT2D eigenvalue weighted by Gasteiger charge is -2.31. The zero-order valence-corrected chi connectivity index (χ0v) is 16.9. The van der Waals surface area contributed by atoms with Crippen LogP contribution < -0.4 is 5.73 Å². The zero-order chi connectivity index (χ0) is 19.6. The maximum atomic E-state index is 13.0. The summed E-state index contributed by atoms with van der Waals surface area (Å²) in [6.45, 7) is 5.37. The van der Waals surface area contributed by atoms with Crippen LogP contribution in [0.5, 0.6) is 0 Å². The molecule has 0 bridgehead atoms. The number of aliphatic hydroxyl groups excluding tert-OH is 1. The predicted molar refractivity (Wildman–Crippen MR) is 105 cm³/mol. The van der Waals surface area contributed by atoms with Gasteiger partial charge in [0, 0.05) is 13.6 Å². The first kappa shape index (κ1) is 25.9. The molecule has 0 aromatic rings. The van der Waals surface area contributed by atoms with Gasteiger partial charge in [0.2, 0.25) is 0 Å². The molecule has 2 rings (SSSR count). The van der Waals surface area contributed by atoms with Crippen LogP contribution in [0.3, 0.4) is 0 Å². The Labute approximate surface area is 165 Å². The maximum Gasteiger partial charge on any atom is 0.271 e. The number of amides is 3. The molecule has 0 saturated carbocycles. The molecule has 3 atom stereocenters. The van der Waals surface area contributed by atoms with Crippen molar-refractivity contribution in [2.24, 2.45) is 17.6 Å². The number of carbonyl (C=O) groups excluding carboxylic acids is 3. The highest BCUT2D eigenvalue weighted by Gasteiger charge is 2.40. The Morgan fingerprint density at radius 3 is 2.36 bits per heavy atom. The van der Waals surface area contributed by atoms with E-state index in [2.05, 4.69) is 0 Å². The number of fused-ring (bicyclic) bond motifs is 1. The van der Waals surface area contributed by atoms with Crippen LogP contribution in [-0.2, 0) is 14.4 Å². The molecule has 0 radical (unpaired) electrons. The molecule has 0 aromatic heterocycles. The average molecular weight is 399 g/mol. The first-order chi connectivity index (χ1) is 12.2. The van der Waals surface area contributed by atoms with Gasteiger partial charge in [0.05, 0.1) is 6.04 Å². The molecule has 160 valence electrons. The van der Waals surface area contributed by atoms with E-state index in [0.29, 0.717) is 12.1 Å². The maximum absolute atomic E-state index is 13.0. The van der Waals surface area contributed by atoms with E-state index in [4.69, 9.17) is 5.73 Å². The van der Waals surface area contributed by atoms with E-state index in [0.717, 1.165) is 24.2 Å². The number of rotatable bonds is 4. The van der Waals surface area contributed by atoms with Gasteiger partial charge in [0.25, 0.3) is 17.7 Å². The van der Waals surface area contributed by atoms with E-state index in [1.807, 2.05) is 12.2 Å². The number of aliphatic hydroxyl groups is 1. The highest BCUT2D eigenvalue weighted by molar-refractivity contribution is 6.09. The Hall–Kier alpha value is -2.07. The van der Waals surface area contributed by atoms with Crippen molar-refractivity contribution in [3.05, 3.63) is 23.4 Å². The van der Waals surface area contributed by atoms with Crippen LogP contribution in [-0.4, -0.2) is 69.3 Å². The van der Waals surface area contributed by atoms with Crippen molar-refractivity contribution in [1.29, 1.82) is 0 Å². The molecule has 9 heteroatoms. The fourth-order valence-electron chi connectivity index (χ4n) is 3.30. The second kappa shape index (κ2) is 10.5. The van der Waals surface area contributed by atoms with Gasteiger partial charge >= 0.3 is 0 Å². The van der Waals surface area contributed by atoms with Crippen LogP contribution in [0.1, 0.15) is 40.0 Å². The van der Waals surface area contributed by atoms with Crippen LogP contribution >= 0.6 is 0 Å². The van der Waals surface area contributed by atoms with Gasteiger partial charge in [-0.2, -0.15) is 0 Å². The number of nitrogens with zero attached hydrogens (tertiary/aromatic N) is 2. The minimum atomic E-state index is -1.39. The van der Waals surface area contributed by atoms with Gasteiger partial charge < -0.3 is 26.7 Å². The number of carbonyl (C=O) groups is 3. The second-order valence-electron chi connectivity index (χ2n) is 7.49. The Morgan fingerprint density at radius 2 is 1.82 bits per heavy atom. The molecule has 7 N–H and O–H groups in total. The average Bonchev–Trinajstić information content (AvgIpc) is 2.73. The van der Waals surface area contributed by atoms with Crippen LogP contribution in [0, 0.1) is 11.8 Å². The van der Waals surface area contributed by atoms with Crippen LogP contribution in [0.15, 0.2) is 23.4 Å². The van der Waals surface area contributed by atoms with Crippen molar-refractivity contribution >= 4 is 17.7 Å². The lowest BCUT2D eigenvalue weighted by atomic mass is 9.85. The molecule has 0 aromatic carbocycles. The zero-order valence-electron chi connectivity index (χ0n) is 16.9. The number of hydrogen-bond acceptors (Lipinski definition) is 5. The molecule has 3 amide bonds. The van der Waals surface area contributed by atoms with Crippen LogP contribution in [0.2, 0.25) is 0 Å². The van der Waals surface area contributed by atoms with Crippen molar-refractivity contribution in [3.63, 3.8) is 0 Å². The molecule has 1 heterocycles. The van der Waals surface area contributed by atoms with Gasteiger partial charge in [-0.05, 0) is 43.6 Å². The summed E-state index contributed by atoms with van der Waals surface area (Å²) in [7, 11) is 1.65. The second-order valence-corrected chi connectivity index (χ2v) is 7.49. The Morgan fingerprint density at radius 1 is 1.21 bits per heavy atom. The summed E-state index contributed by atoms with van der Waals surface area (Å²) in [6, 6.07) is -0.973. The summed E-state index contributed by atoms with van der Waals surface area (Å²) >= 11 is 0. The minimum absolute atomic E-state index is 0. The molecule has 2 aliphatic rings. The smallest absolute Gasteiger partial charge is 0.271 e. The Bertz CT molecular complexity index is 656. The van der Waals surface area contributed by atoms with E-state index in [1.54, 1.807) is 20.9 Å². The number of allylic oxidation sites excluding steroid dienone is 3. The minimum Gasteiger partial charge on any atom is -0.412 e. The van der Waals surface area contributed by atoms with Crippen molar-refractivity contribution in [2.45, 2.75) is 52.2 Å². The van der Waals surface area contributed by atoms with Gasteiger partial charge in [0.15, 0.2) is 0 Å². The number of hydrogen-bond donors (Lipinski definition) is 2. The van der Waals surface area contributed by atoms with Crippen molar-refractivity contribution in [1.82, 2.24) is 9.80 Å². The Balaban J connectivity index is 0.00000364. The topological polar surface area (TPSA) is 167 Å². The summed E-state index contributed by atoms with van der Waals surface area (Å²) in [4.78, 5) is 41.1. The number of nitrogens with two attached hydrogens (primary N) is 1. The monoisotopic (exact) mass is 399 g/mol. The highest BCUT2D eigenvalue weighted by atomic mass is 16.3. The highest BCUT2D eigenvalue weighted by Crippen LogP contribution is 2.34. The van der Waals surface area contributed by atoms with Gasteiger partial charge in [-0.15, -0.1) is 0 Å². The molecule has 1 aliphatic heterocycles. The molecule has 0 fully saturated rings. The summed E-state index contributed by atoms with van der Waals surface area (Å²) in [5.74, 6) is -2.18. The third-order valence-electron chi connectivity index (χ3n) is 4.99. The summed E-state index contributed by atoms with van der Waals surface area (Å²) in [5.41, 5.74) is 6.48. The van der Waals surface area contributed by atoms with E-state index < -0.39 is 35.8 Å². The number of likely N-dealkylation sites (N-methyl/N-ethyl adjacent to an activating group) is 1. The first-order valence-corrected chi connectivity index (χ1v) is 9.14. The van der Waals surface area contributed by atoms with Gasteiger partial charge in [0.1, 0.15) is 11.8 Å². The van der Waals surface area contributed by atoms with Crippen molar-refractivity contribution in [2.75, 3.05) is 13.6 Å². The van der Waals surface area contributed by atoms with Crippen molar-refractivity contribution < 1.29 is 30.4 Å². The third kappa shape index (κ3) is 5.05. The lowest BCUT2D eigenvalue weighted by Crippen LogP contribution is -2.52. The lowest BCUT2D eigenvalue weighted by molar-refractivity contribution is -0.152. The van der Waals surface area contributed by atoms with Gasteiger partial charge in [-0.25, -0.2) is 4.90 Å². The number of imide groups is 1. The van der Waals surface area contributed by atoms with Crippen LogP contribution in [0.4, 0.5) is 0 Å². The molecular formula is C19H33N3O6. The first-order valence-electron chi connectivity index (χ1n) is 9.14. The predicted octanol–water partition coefficient (Wildman–Crippen LogP) is -0.861. The molecular weight excluding hydrogens is 366 g/mol. The largest absolute Gasteiger partial charge is 0.412 e. The van der Waals surface area contributed by atoms with E-state index in [9.17, 15) is 19.5 Å². The fraction of sp³-hybridized carbons (Fsp3) is 0.632. The molecule has 28 heavy (non-hydrogen) atoms. The molecule has 0 unspecified atom stereocenters. The van der Waals surface area contributed by atoms with Crippen LogP contribution in [0.25, 0.3) is 0 Å². The third-order valence-corrected chi connectivity index (χ3v) is 4.99. The van der Waals surface area contributed by atoms with Gasteiger partial charge in [-0.1, -0.05) is 26.0 Å². The molecule has 1 aliphatic carbocycles. The molecule has 9 nitrogen and oxygen atoms in total. The summed E-state index contributed by atoms with van der Waals surface area (Å²) < 4.78 is 0. The molecule has 0 saturated heterocycles. The normalized spacial score (nSPS) is 21.2. The standard InChI is InChI=1S/C19H29N3O4.2H2O/c1-11(2)16(23)19(26)22(17(24)12(3)20)15-14-8-6-5-7-13(14)9-10-21(4)18(15)25;;/h6,8,11-13,16,23H,5,7,9-10,20H2,1-4H3;2*1H2/t12-,13-,16-;;/m0../s1.